The molecule has 1 N–H and O–H groups in total. The van der Waals surface area contributed by atoms with E-state index in [1.165, 1.54) is 18.4 Å². The van der Waals surface area contributed by atoms with Gasteiger partial charge >= 0.3 is 0 Å². The van der Waals surface area contributed by atoms with Crippen molar-refractivity contribution in [3.8, 4) is 11.4 Å². The third kappa shape index (κ3) is 5.15. The van der Waals surface area contributed by atoms with Gasteiger partial charge in [0.15, 0.2) is 5.65 Å². The van der Waals surface area contributed by atoms with Gasteiger partial charge in [0.25, 0.3) is 5.91 Å². The molecule has 2 aliphatic rings. The number of fused-ring (bicyclic) bond motifs is 1. The van der Waals surface area contributed by atoms with E-state index in [0.29, 0.717) is 17.2 Å². The Hall–Kier alpha value is -4.63. The summed E-state index contributed by atoms with van der Waals surface area (Å²) in [6.07, 6.45) is 7.36. The molecule has 0 unspecified atom stereocenters. The first-order valence-corrected chi connectivity index (χ1v) is 13.8. The van der Waals surface area contributed by atoms with Crippen molar-refractivity contribution in [2.45, 2.75) is 25.3 Å². The molecule has 1 aliphatic heterocycles. The molecule has 0 bridgehead atoms. The second-order valence-corrected chi connectivity index (χ2v) is 10.5. The molecule has 9 heteroatoms. The van der Waals surface area contributed by atoms with Crippen molar-refractivity contribution in [1.29, 1.82) is 0 Å². The maximum atomic E-state index is 13.2. The van der Waals surface area contributed by atoms with Gasteiger partial charge in [0.1, 0.15) is 11.5 Å². The highest BCUT2D eigenvalue weighted by Gasteiger charge is 2.27. The average Bonchev–Trinajstić information content (AvgIpc) is 3.77. The Balaban J connectivity index is 1.06. The minimum atomic E-state index is 0.0725. The number of nitrogens with zero attached hydrogens (tertiary/aromatic N) is 7. The number of nitrogens with one attached hydrogen (secondary N) is 1. The van der Waals surface area contributed by atoms with Crippen LogP contribution in [0.2, 0.25) is 0 Å². The maximum absolute atomic E-state index is 13.2. The molecule has 2 aromatic carbocycles. The number of amides is 1. The van der Waals surface area contributed by atoms with Crippen LogP contribution in [0.3, 0.4) is 0 Å². The lowest BCUT2D eigenvalue weighted by Crippen LogP contribution is -2.48. The number of rotatable bonds is 7. The molecule has 7 rings (SSSR count). The molecule has 1 saturated heterocycles. The summed E-state index contributed by atoms with van der Waals surface area (Å²) in [6, 6.07) is 22.2. The number of benzene rings is 2. The van der Waals surface area contributed by atoms with Gasteiger partial charge in [0.2, 0.25) is 0 Å². The molecule has 1 aliphatic carbocycles. The molecule has 4 heterocycles. The number of carbonyl (C=O) groups excluding carboxylic acids is 1. The van der Waals surface area contributed by atoms with Gasteiger partial charge in [-0.3, -0.25) is 19.7 Å². The Labute approximate surface area is 232 Å². The van der Waals surface area contributed by atoms with E-state index < -0.39 is 0 Å². The molecule has 9 nitrogen and oxygen atoms in total. The van der Waals surface area contributed by atoms with Gasteiger partial charge in [-0.25, -0.2) is 4.98 Å². The Morgan fingerprint density at radius 2 is 1.70 bits per heavy atom. The lowest BCUT2D eigenvalue weighted by Gasteiger charge is -2.34. The molecule has 0 radical (unpaired) electrons. The van der Waals surface area contributed by atoms with Crippen LogP contribution in [0.1, 0.15) is 40.4 Å². The molecule has 1 amide bonds. The van der Waals surface area contributed by atoms with Crippen molar-refractivity contribution in [2.24, 2.45) is 0 Å². The highest BCUT2D eigenvalue weighted by molar-refractivity contribution is 5.94. The lowest BCUT2D eigenvalue weighted by atomic mass is 10.1. The smallest absolute Gasteiger partial charge is 0.253 e. The van der Waals surface area contributed by atoms with Crippen molar-refractivity contribution in [3.63, 3.8) is 0 Å². The van der Waals surface area contributed by atoms with Gasteiger partial charge in [0, 0.05) is 74.4 Å². The SMILES string of the molecule is O=C(c1ccc(Nc2cc(-c3cnccn3)nc3cc(C4CC4)nn23)cc1)N1CCN(Cc2ccccc2)CC1. The zero-order chi connectivity index (χ0) is 26.9. The average molecular weight is 531 g/mol. The highest BCUT2D eigenvalue weighted by atomic mass is 16.2. The monoisotopic (exact) mass is 530 g/mol. The van der Waals surface area contributed by atoms with Crippen LogP contribution in [0.15, 0.2) is 85.3 Å². The first kappa shape index (κ1) is 24.4. The maximum Gasteiger partial charge on any atom is 0.253 e. The topological polar surface area (TPSA) is 91.5 Å². The van der Waals surface area contributed by atoms with Crippen LogP contribution >= 0.6 is 0 Å². The fraction of sp³-hybridized carbons (Fsp3) is 0.258. The summed E-state index contributed by atoms with van der Waals surface area (Å²) in [5.74, 6) is 1.37. The minimum absolute atomic E-state index is 0.0725. The predicted molar refractivity (Wildman–Crippen MR) is 153 cm³/mol. The van der Waals surface area contributed by atoms with Gasteiger partial charge in [-0.15, -0.1) is 0 Å². The number of aromatic nitrogens is 5. The van der Waals surface area contributed by atoms with Crippen LogP contribution in [-0.2, 0) is 6.54 Å². The van der Waals surface area contributed by atoms with Crippen LogP contribution in [0.4, 0.5) is 11.5 Å². The van der Waals surface area contributed by atoms with E-state index >= 15 is 0 Å². The summed E-state index contributed by atoms with van der Waals surface area (Å²) in [5.41, 5.74) is 6.13. The molecular formula is C31H30N8O. The number of hydrogen-bond donors (Lipinski definition) is 1. The Bertz CT molecular complexity index is 1620. The van der Waals surface area contributed by atoms with Gasteiger partial charge in [-0.1, -0.05) is 30.3 Å². The van der Waals surface area contributed by atoms with E-state index in [4.69, 9.17) is 10.1 Å². The van der Waals surface area contributed by atoms with E-state index in [1.54, 1.807) is 18.6 Å². The number of hydrogen-bond acceptors (Lipinski definition) is 7. The van der Waals surface area contributed by atoms with Crippen LogP contribution in [0, 0.1) is 0 Å². The fourth-order valence-electron chi connectivity index (χ4n) is 5.20. The third-order valence-electron chi connectivity index (χ3n) is 7.58. The fourth-order valence-corrected chi connectivity index (χ4v) is 5.20. The number of piperazine rings is 1. The normalized spacial score (nSPS) is 15.8. The number of carbonyl (C=O) groups is 1. The molecule has 0 atom stereocenters. The van der Waals surface area contributed by atoms with Gasteiger partial charge in [-0.05, 0) is 42.7 Å². The Kier molecular flexibility index (Phi) is 6.41. The highest BCUT2D eigenvalue weighted by Crippen LogP contribution is 2.40. The summed E-state index contributed by atoms with van der Waals surface area (Å²) in [7, 11) is 0. The van der Waals surface area contributed by atoms with Crippen LogP contribution in [0.25, 0.3) is 17.0 Å². The standard InChI is InChI=1S/C31H30N8O/c40-31(38-16-14-37(15-17-38)21-22-4-2-1-3-5-22)24-8-10-25(11-9-24)34-29-19-27(28-20-32-12-13-33-28)35-30-18-26(23-6-7-23)36-39(29)30/h1-5,8-13,18-20,23,34H,6-7,14-17,21H2. The minimum Gasteiger partial charge on any atom is -0.340 e. The summed E-state index contributed by atoms with van der Waals surface area (Å²) in [4.78, 5) is 31.0. The van der Waals surface area contributed by atoms with E-state index in [9.17, 15) is 4.79 Å². The zero-order valence-electron chi connectivity index (χ0n) is 22.1. The first-order valence-electron chi connectivity index (χ1n) is 13.8. The van der Waals surface area contributed by atoms with Gasteiger partial charge in [0.05, 0.1) is 17.6 Å². The van der Waals surface area contributed by atoms with Crippen molar-refractivity contribution in [2.75, 3.05) is 31.5 Å². The van der Waals surface area contributed by atoms with E-state index in [2.05, 4.69) is 50.5 Å². The van der Waals surface area contributed by atoms with Crippen molar-refractivity contribution >= 4 is 23.1 Å². The summed E-state index contributed by atoms with van der Waals surface area (Å²) in [6.45, 7) is 4.13. The molecule has 5 aromatic rings. The Morgan fingerprint density at radius 3 is 2.42 bits per heavy atom. The molecule has 40 heavy (non-hydrogen) atoms. The summed E-state index contributed by atoms with van der Waals surface area (Å²) in [5, 5.41) is 8.32. The molecule has 1 saturated carbocycles. The molecular weight excluding hydrogens is 500 g/mol. The van der Waals surface area contributed by atoms with Gasteiger partial charge in [-0.2, -0.15) is 9.61 Å². The number of anilines is 2. The second kappa shape index (κ2) is 10.5. The van der Waals surface area contributed by atoms with E-state index in [-0.39, 0.29) is 5.91 Å². The predicted octanol–water partition coefficient (Wildman–Crippen LogP) is 4.77. The largest absolute Gasteiger partial charge is 0.340 e. The van der Waals surface area contributed by atoms with Crippen LogP contribution < -0.4 is 5.32 Å². The summed E-state index contributed by atoms with van der Waals surface area (Å²) >= 11 is 0. The lowest BCUT2D eigenvalue weighted by molar-refractivity contribution is 0.0628. The molecule has 3 aromatic heterocycles. The zero-order valence-corrected chi connectivity index (χ0v) is 22.1. The van der Waals surface area contributed by atoms with E-state index in [0.717, 1.165) is 61.3 Å². The van der Waals surface area contributed by atoms with Crippen LogP contribution in [0.5, 0.6) is 0 Å². The molecule has 0 spiro atoms. The van der Waals surface area contributed by atoms with Crippen molar-refractivity contribution in [1.82, 2.24) is 34.4 Å². The first-order chi connectivity index (χ1) is 19.7. The Morgan fingerprint density at radius 1 is 0.900 bits per heavy atom. The molecule has 200 valence electrons. The third-order valence-corrected chi connectivity index (χ3v) is 7.58. The molecule has 2 fully saturated rings. The quantitative estimate of drug-likeness (QED) is 0.324. The van der Waals surface area contributed by atoms with Crippen LogP contribution in [-0.4, -0.2) is 66.5 Å². The van der Waals surface area contributed by atoms with Crippen molar-refractivity contribution < 1.29 is 4.79 Å². The summed E-state index contributed by atoms with van der Waals surface area (Å²) < 4.78 is 1.85. The van der Waals surface area contributed by atoms with Crippen molar-refractivity contribution in [3.05, 3.63) is 102 Å². The van der Waals surface area contributed by atoms with Gasteiger partial charge < -0.3 is 10.2 Å². The second-order valence-electron chi connectivity index (χ2n) is 10.5. The van der Waals surface area contributed by atoms with E-state index in [1.807, 2.05) is 45.8 Å².